The molecule has 1 amide bonds. The van der Waals surface area contributed by atoms with Crippen LogP contribution < -0.4 is 5.32 Å². The third-order valence-corrected chi connectivity index (χ3v) is 2.39. The van der Waals surface area contributed by atoms with Crippen LogP contribution in [0, 0.1) is 6.92 Å². The summed E-state index contributed by atoms with van der Waals surface area (Å²) in [4.78, 5) is 15.9. The summed E-state index contributed by atoms with van der Waals surface area (Å²) in [7, 11) is 1.50. The van der Waals surface area contributed by atoms with Gasteiger partial charge in [-0.15, -0.1) is 0 Å². The number of carbonyl (C=O) groups is 1. The number of para-hydroxylation sites is 1. The monoisotopic (exact) mass is 230 g/mol. The second-order valence-electron chi connectivity index (χ2n) is 3.81. The SMILES string of the molecule is COCC(=O)Nc1cc(C)nc2ccccc12. The summed E-state index contributed by atoms with van der Waals surface area (Å²) in [6, 6.07) is 9.56. The predicted octanol–water partition coefficient (Wildman–Crippen LogP) is 2.13. The van der Waals surface area contributed by atoms with Gasteiger partial charge in [-0.25, -0.2) is 0 Å². The Labute approximate surface area is 99.6 Å². The van der Waals surface area contributed by atoms with Gasteiger partial charge in [0.25, 0.3) is 0 Å². The van der Waals surface area contributed by atoms with Crippen LogP contribution in [0.3, 0.4) is 0 Å². The molecular weight excluding hydrogens is 216 g/mol. The van der Waals surface area contributed by atoms with Crippen molar-refractivity contribution in [1.82, 2.24) is 4.98 Å². The number of carbonyl (C=O) groups excluding carboxylic acids is 1. The van der Waals surface area contributed by atoms with E-state index in [9.17, 15) is 4.79 Å². The maximum atomic E-state index is 11.5. The molecule has 88 valence electrons. The lowest BCUT2D eigenvalue weighted by atomic mass is 10.1. The molecule has 17 heavy (non-hydrogen) atoms. The number of rotatable bonds is 3. The second-order valence-corrected chi connectivity index (χ2v) is 3.81. The first-order valence-electron chi connectivity index (χ1n) is 5.36. The molecule has 0 aliphatic heterocycles. The van der Waals surface area contributed by atoms with E-state index in [2.05, 4.69) is 10.3 Å². The number of pyridine rings is 1. The Morgan fingerprint density at radius 2 is 2.18 bits per heavy atom. The molecule has 1 aromatic heterocycles. The van der Waals surface area contributed by atoms with Crippen LogP contribution in [0.1, 0.15) is 5.69 Å². The minimum Gasteiger partial charge on any atom is -0.375 e. The molecule has 1 heterocycles. The van der Waals surface area contributed by atoms with Crippen molar-refractivity contribution in [3.8, 4) is 0 Å². The fourth-order valence-electron chi connectivity index (χ4n) is 1.73. The molecule has 1 aromatic carbocycles. The highest BCUT2D eigenvalue weighted by Crippen LogP contribution is 2.22. The van der Waals surface area contributed by atoms with Crippen molar-refractivity contribution < 1.29 is 9.53 Å². The Kier molecular flexibility index (Phi) is 3.35. The van der Waals surface area contributed by atoms with Crippen LogP contribution in [0.25, 0.3) is 10.9 Å². The zero-order valence-corrected chi connectivity index (χ0v) is 9.86. The van der Waals surface area contributed by atoms with Crippen molar-refractivity contribution in [1.29, 1.82) is 0 Å². The lowest BCUT2D eigenvalue weighted by Crippen LogP contribution is -2.17. The van der Waals surface area contributed by atoms with Crippen molar-refractivity contribution in [2.24, 2.45) is 0 Å². The minimum atomic E-state index is -0.164. The topological polar surface area (TPSA) is 51.2 Å². The van der Waals surface area contributed by atoms with Crippen LogP contribution >= 0.6 is 0 Å². The van der Waals surface area contributed by atoms with E-state index in [4.69, 9.17) is 4.74 Å². The van der Waals surface area contributed by atoms with E-state index >= 15 is 0 Å². The van der Waals surface area contributed by atoms with Crippen LogP contribution in [0.2, 0.25) is 0 Å². The van der Waals surface area contributed by atoms with E-state index in [1.54, 1.807) is 0 Å². The molecule has 0 fully saturated rings. The van der Waals surface area contributed by atoms with Gasteiger partial charge in [0.15, 0.2) is 0 Å². The van der Waals surface area contributed by atoms with Crippen LogP contribution in [0.4, 0.5) is 5.69 Å². The quantitative estimate of drug-likeness (QED) is 0.878. The van der Waals surface area contributed by atoms with Gasteiger partial charge in [0.2, 0.25) is 5.91 Å². The number of aryl methyl sites for hydroxylation is 1. The van der Waals surface area contributed by atoms with E-state index < -0.39 is 0 Å². The van der Waals surface area contributed by atoms with Crippen LogP contribution in [-0.2, 0) is 9.53 Å². The summed E-state index contributed by atoms with van der Waals surface area (Å²) < 4.78 is 4.79. The number of hydrogen-bond acceptors (Lipinski definition) is 3. The van der Waals surface area contributed by atoms with Gasteiger partial charge in [-0.2, -0.15) is 0 Å². The Hall–Kier alpha value is -1.94. The third-order valence-electron chi connectivity index (χ3n) is 2.39. The maximum absolute atomic E-state index is 11.5. The molecule has 0 saturated heterocycles. The first-order valence-corrected chi connectivity index (χ1v) is 5.36. The standard InChI is InChI=1S/C13H14N2O2/c1-9-7-12(15-13(16)8-17-2)10-5-3-4-6-11(10)14-9/h3-7H,8H2,1-2H3,(H,14,15,16). The minimum absolute atomic E-state index is 0.0513. The van der Waals surface area contributed by atoms with Gasteiger partial charge >= 0.3 is 0 Å². The molecule has 4 nitrogen and oxygen atoms in total. The van der Waals surface area contributed by atoms with Gasteiger partial charge in [0.1, 0.15) is 6.61 Å². The van der Waals surface area contributed by atoms with E-state index in [0.717, 1.165) is 22.3 Å². The molecule has 4 heteroatoms. The highest BCUT2D eigenvalue weighted by Gasteiger charge is 2.06. The van der Waals surface area contributed by atoms with Gasteiger partial charge < -0.3 is 10.1 Å². The molecule has 0 aliphatic carbocycles. The molecule has 0 atom stereocenters. The van der Waals surface area contributed by atoms with Crippen LogP contribution in [0.15, 0.2) is 30.3 Å². The molecule has 2 aromatic rings. The lowest BCUT2D eigenvalue weighted by molar-refractivity contribution is -0.119. The summed E-state index contributed by atoms with van der Waals surface area (Å²) in [5.74, 6) is -0.164. The number of nitrogens with one attached hydrogen (secondary N) is 1. The number of amides is 1. The maximum Gasteiger partial charge on any atom is 0.250 e. The molecule has 0 bridgehead atoms. The fourth-order valence-corrected chi connectivity index (χ4v) is 1.73. The van der Waals surface area contributed by atoms with Gasteiger partial charge in [0, 0.05) is 18.2 Å². The van der Waals surface area contributed by atoms with Gasteiger partial charge in [-0.1, -0.05) is 18.2 Å². The summed E-state index contributed by atoms with van der Waals surface area (Å²) in [6.07, 6.45) is 0. The number of nitrogens with zero attached hydrogens (tertiary/aromatic N) is 1. The van der Waals surface area contributed by atoms with Crippen molar-refractivity contribution >= 4 is 22.5 Å². The molecular formula is C13H14N2O2. The summed E-state index contributed by atoms with van der Waals surface area (Å²) in [6.45, 7) is 1.95. The summed E-state index contributed by atoms with van der Waals surface area (Å²) in [5.41, 5.74) is 2.52. The number of aromatic nitrogens is 1. The number of benzene rings is 1. The molecule has 0 aliphatic rings. The highest BCUT2D eigenvalue weighted by atomic mass is 16.5. The zero-order valence-electron chi connectivity index (χ0n) is 9.86. The predicted molar refractivity (Wildman–Crippen MR) is 67.0 cm³/mol. The molecule has 2 rings (SSSR count). The molecule has 0 unspecified atom stereocenters. The first kappa shape index (κ1) is 11.5. The molecule has 0 saturated carbocycles. The molecule has 1 N–H and O–H groups in total. The van der Waals surface area contributed by atoms with Crippen molar-refractivity contribution in [3.63, 3.8) is 0 Å². The van der Waals surface area contributed by atoms with Crippen molar-refractivity contribution in [2.75, 3.05) is 19.0 Å². The Bertz CT molecular complexity index is 552. The van der Waals surface area contributed by atoms with Crippen molar-refractivity contribution in [2.45, 2.75) is 6.92 Å². The average Bonchev–Trinajstić information content (AvgIpc) is 2.29. The van der Waals surface area contributed by atoms with E-state index in [1.165, 1.54) is 7.11 Å². The van der Waals surface area contributed by atoms with Crippen LogP contribution in [-0.4, -0.2) is 24.6 Å². The summed E-state index contributed by atoms with van der Waals surface area (Å²) in [5, 5.41) is 3.76. The van der Waals surface area contributed by atoms with E-state index in [0.29, 0.717) is 0 Å². The van der Waals surface area contributed by atoms with Gasteiger partial charge in [0.05, 0.1) is 11.2 Å². The second kappa shape index (κ2) is 4.93. The highest BCUT2D eigenvalue weighted by molar-refractivity contribution is 6.01. The fraction of sp³-hybridized carbons (Fsp3) is 0.231. The normalized spacial score (nSPS) is 10.5. The largest absolute Gasteiger partial charge is 0.375 e. The Balaban J connectivity index is 2.42. The Morgan fingerprint density at radius 3 is 2.94 bits per heavy atom. The smallest absolute Gasteiger partial charge is 0.250 e. The zero-order chi connectivity index (χ0) is 12.3. The number of ether oxygens (including phenoxy) is 1. The average molecular weight is 230 g/mol. The van der Waals surface area contributed by atoms with Crippen LogP contribution in [0.5, 0.6) is 0 Å². The Morgan fingerprint density at radius 1 is 1.41 bits per heavy atom. The van der Waals surface area contributed by atoms with Gasteiger partial charge in [-0.05, 0) is 19.1 Å². The molecule has 0 spiro atoms. The number of methoxy groups -OCH3 is 1. The van der Waals surface area contributed by atoms with Gasteiger partial charge in [-0.3, -0.25) is 9.78 Å². The number of hydrogen-bond donors (Lipinski definition) is 1. The van der Waals surface area contributed by atoms with Crippen molar-refractivity contribution in [3.05, 3.63) is 36.0 Å². The van der Waals surface area contributed by atoms with E-state index in [1.807, 2.05) is 37.3 Å². The number of anilines is 1. The number of fused-ring (bicyclic) bond motifs is 1. The van der Waals surface area contributed by atoms with E-state index in [-0.39, 0.29) is 12.5 Å². The molecule has 0 radical (unpaired) electrons. The lowest BCUT2D eigenvalue weighted by Gasteiger charge is -2.09. The first-order chi connectivity index (χ1) is 8.20. The summed E-state index contributed by atoms with van der Waals surface area (Å²) >= 11 is 0. The third kappa shape index (κ3) is 2.60.